The first-order chi connectivity index (χ1) is 7.07. The van der Waals surface area contributed by atoms with Crippen molar-refractivity contribution >= 4 is 18.4 Å². The molecule has 0 spiro atoms. The highest BCUT2D eigenvalue weighted by Gasteiger charge is 2.26. The van der Waals surface area contributed by atoms with Crippen LogP contribution in [0.2, 0.25) is 0 Å². The summed E-state index contributed by atoms with van der Waals surface area (Å²) in [5.41, 5.74) is -0.738. The highest BCUT2D eigenvalue weighted by molar-refractivity contribution is 6.73. The Hall–Kier alpha value is -1.27. The van der Waals surface area contributed by atoms with Gasteiger partial charge >= 0.3 is 6.98 Å². The molecule has 2 rings (SSSR count). The van der Waals surface area contributed by atoms with Crippen molar-refractivity contribution < 1.29 is 12.9 Å². The Morgan fingerprint density at radius 1 is 1.07 bits per heavy atom. The minimum atomic E-state index is -4.98. The molecule has 15 heavy (non-hydrogen) atoms. The molecule has 0 atom stereocenters. The van der Waals surface area contributed by atoms with Gasteiger partial charge in [0.05, 0.1) is 0 Å². The predicted molar refractivity (Wildman–Crippen MR) is 52.2 cm³/mol. The van der Waals surface area contributed by atoms with Gasteiger partial charge in [-0.15, -0.1) is 0 Å². The van der Waals surface area contributed by atoms with Gasteiger partial charge in [-0.2, -0.15) is 0 Å². The van der Waals surface area contributed by atoms with Crippen LogP contribution in [-0.2, 0) is 0 Å². The van der Waals surface area contributed by atoms with Crippen LogP contribution in [0.1, 0.15) is 12.8 Å². The largest absolute Gasteiger partial charge is 0.512 e. The van der Waals surface area contributed by atoms with Crippen molar-refractivity contribution in [2.75, 3.05) is 18.0 Å². The van der Waals surface area contributed by atoms with Crippen molar-refractivity contribution in [3.8, 4) is 0 Å². The van der Waals surface area contributed by atoms with Gasteiger partial charge in [0.25, 0.3) is 0 Å². The molecule has 1 aliphatic heterocycles. The molecule has 82 valence electrons. The third-order valence-corrected chi connectivity index (χ3v) is 2.43. The predicted octanol–water partition coefficient (Wildman–Crippen LogP) is 1.13. The SMILES string of the molecule is F[B-](F)(F)c1cnc(N2CCCC2)nc1. The van der Waals surface area contributed by atoms with E-state index in [1.165, 1.54) is 0 Å². The first-order valence-electron chi connectivity index (χ1n) is 4.84. The van der Waals surface area contributed by atoms with Crippen LogP contribution < -0.4 is 10.4 Å². The molecule has 7 heteroatoms. The van der Waals surface area contributed by atoms with Crippen molar-refractivity contribution in [2.24, 2.45) is 0 Å². The second-order valence-corrected chi connectivity index (χ2v) is 3.59. The molecule has 1 fully saturated rings. The minimum absolute atomic E-state index is 0.399. The summed E-state index contributed by atoms with van der Waals surface area (Å²) in [5, 5.41) is 0. The van der Waals surface area contributed by atoms with Crippen LogP contribution in [0.5, 0.6) is 0 Å². The zero-order chi connectivity index (χ0) is 10.9. The van der Waals surface area contributed by atoms with Gasteiger partial charge in [-0.25, -0.2) is 9.97 Å². The zero-order valence-corrected chi connectivity index (χ0v) is 8.04. The van der Waals surface area contributed by atoms with Gasteiger partial charge in [0, 0.05) is 25.5 Å². The van der Waals surface area contributed by atoms with E-state index < -0.39 is 12.4 Å². The summed E-state index contributed by atoms with van der Waals surface area (Å²) >= 11 is 0. The highest BCUT2D eigenvalue weighted by atomic mass is 19.4. The van der Waals surface area contributed by atoms with Gasteiger partial charge in [-0.05, 0) is 12.8 Å². The smallest absolute Gasteiger partial charge is 0.445 e. The molecule has 3 nitrogen and oxygen atoms in total. The molecule has 0 unspecified atom stereocenters. The number of nitrogens with zero attached hydrogens (tertiary/aromatic N) is 3. The molecule has 1 aromatic rings. The van der Waals surface area contributed by atoms with Crippen molar-refractivity contribution in [3.05, 3.63) is 12.4 Å². The van der Waals surface area contributed by atoms with E-state index in [0.717, 1.165) is 38.3 Å². The number of rotatable bonds is 2. The van der Waals surface area contributed by atoms with Crippen LogP contribution >= 0.6 is 0 Å². The van der Waals surface area contributed by atoms with Crippen molar-refractivity contribution in [1.29, 1.82) is 0 Å². The lowest BCUT2D eigenvalue weighted by Gasteiger charge is -2.17. The molecule has 2 heterocycles. The maximum atomic E-state index is 12.3. The van der Waals surface area contributed by atoms with E-state index in [-0.39, 0.29) is 0 Å². The van der Waals surface area contributed by atoms with Crippen molar-refractivity contribution in [2.45, 2.75) is 12.8 Å². The fraction of sp³-hybridized carbons (Fsp3) is 0.500. The van der Waals surface area contributed by atoms with Crippen LogP contribution in [0, 0.1) is 0 Å². The summed E-state index contributed by atoms with van der Waals surface area (Å²) in [6.45, 7) is -3.32. The van der Waals surface area contributed by atoms with Gasteiger partial charge < -0.3 is 17.8 Å². The average Bonchev–Trinajstić information content (AvgIpc) is 2.69. The van der Waals surface area contributed by atoms with Crippen molar-refractivity contribution in [1.82, 2.24) is 9.97 Å². The number of hydrogen-bond acceptors (Lipinski definition) is 3. The topological polar surface area (TPSA) is 29.0 Å². The van der Waals surface area contributed by atoms with E-state index in [4.69, 9.17) is 0 Å². The fourth-order valence-corrected chi connectivity index (χ4v) is 1.58. The number of aromatic nitrogens is 2. The number of hydrogen-bond donors (Lipinski definition) is 0. The molecule has 0 amide bonds. The standard InChI is InChI=1S/C8H10BF3N3/c10-9(11,12)7-5-13-8(14-6-7)15-3-1-2-4-15/h5-6H,1-4H2/q-1. The number of halogens is 3. The molecule has 0 aliphatic carbocycles. The van der Waals surface area contributed by atoms with Gasteiger partial charge in [0.2, 0.25) is 5.95 Å². The van der Waals surface area contributed by atoms with Gasteiger partial charge in [-0.3, -0.25) is 0 Å². The Balaban J connectivity index is 2.16. The Kier molecular flexibility index (Phi) is 2.54. The highest BCUT2D eigenvalue weighted by Crippen LogP contribution is 2.14. The van der Waals surface area contributed by atoms with Crippen molar-refractivity contribution in [3.63, 3.8) is 0 Å². The van der Waals surface area contributed by atoms with Crippen LogP contribution in [0.25, 0.3) is 0 Å². The molecule has 0 N–H and O–H groups in total. The Labute approximate surface area is 85.4 Å². The van der Waals surface area contributed by atoms with Gasteiger partial charge in [0.1, 0.15) is 0 Å². The minimum Gasteiger partial charge on any atom is -0.445 e. The van der Waals surface area contributed by atoms with Crippen LogP contribution in [0.3, 0.4) is 0 Å². The van der Waals surface area contributed by atoms with Crippen LogP contribution in [-0.4, -0.2) is 30.0 Å². The summed E-state index contributed by atoms with van der Waals surface area (Å²) in [7, 11) is 0. The second-order valence-electron chi connectivity index (χ2n) is 3.59. The molecule has 1 aromatic heterocycles. The summed E-state index contributed by atoms with van der Waals surface area (Å²) in [6, 6.07) is 0. The van der Waals surface area contributed by atoms with E-state index in [1.54, 1.807) is 0 Å². The van der Waals surface area contributed by atoms with Crippen LogP contribution in [0.4, 0.5) is 18.9 Å². The van der Waals surface area contributed by atoms with E-state index in [0.29, 0.717) is 5.95 Å². The molecular weight excluding hydrogens is 206 g/mol. The first-order valence-corrected chi connectivity index (χ1v) is 4.84. The summed E-state index contributed by atoms with van der Waals surface area (Å²) in [6.07, 6.45) is 3.82. The fourth-order valence-electron chi connectivity index (χ4n) is 1.58. The van der Waals surface area contributed by atoms with E-state index in [2.05, 4.69) is 9.97 Å². The molecule has 0 bridgehead atoms. The number of anilines is 1. The molecule has 0 saturated carbocycles. The normalized spacial score (nSPS) is 17.1. The molecular formula is C8H10BF3N3-. The van der Waals surface area contributed by atoms with Crippen LogP contribution in [0.15, 0.2) is 12.4 Å². The lowest BCUT2D eigenvalue weighted by Crippen LogP contribution is -2.35. The Bertz CT molecular complexity index is 332. The lowest BCUT2D eigenvalue weighted by atomic mass is 9.83. The summed E-state index contributed by atoms with van der Waals surface area (Å²) in [5.74, 6) is 0.399. The lowest BCUT2D eigenvalue weighted by molar-refractivity contribution is 0.500. The third kappa shape index (κ3) is 2.22. The monoisotopic (exact) mass is 216 g/mol. The Morgan fingerprint density at radius 3 is 2.07 bits per heavy atom. The van der Waals surface area contributed by atoms with Gasteiger partial charge in [0.15, 0.2) is 0 Å². The third-order valence-electron chi connectivity index (χ3n) is 2.43. The first kappa shape index (κ1) is 10.3. The second kappa shape index (κ2) is 3.71. The molecule has 0 aromatic carbocycles. The Morgan fingerprint density at radius 2 is 1.60 bits per heavy atom. The zero-order valence-electron chi connectivity index (χ0n) is 8.04. The summed E-state index contributed by atoms with van der Waals surface area (Å²) < 4.78 is 36.8. The van der Waals surface area contributed by atoms with E-state index >= 15 is 0 Å². The quantitative estimate of drug-likeness (QED) is 0.694. The molecule has 1 aliphatic rings. The average molecular weight is 216 g/mol. The molecule has 1 saturated heterocycles. The maximum absolute atomic E-state index is 12.3. The maximum Gasteiger partial charge on any atom is 0.512 e. The summed E-state index contributed by atoms with van der Waals surface area (Å²) in [4.78, 5) is 9.37. The van der Waals surface area contributed by atoms with Gasteiger partial charge in [-0.1, -0.05) is 5.46 Å². The molecule has 0 radical (unpaired) electrons. The van der Waals surface area contributed by atoms with E-state index in [9.17, 15) is 12.9 Å². The van der Waals surface area contributed by atoms with E-state index in [1.807, 2.05) is 4.90 Å².